The molecule has 0 aliphatic carbocycles. The fourth-order valence-corrected chi connectivity index (χ4v) is 0.598. The Morgan fingerprint density at radius 1 is 1.50 bits per heavy atom. The molecular formula is C6H16N2. The van der Waals surface area contributed by atoms with Crippen molar-refractivity contribution >= 4 is 0 Å². The summed E-state index contributed by atoms with van der Waals surface area (Å²) < 4.78 is 0. The van der Waals surface area contributed by atoms with Crippen LogP contribution in [0.25, 0.3) is 0 Å². The first-order valence-corrected chi connectivity index (χ1v) is 3.16. The van der Waals surface area contributed by atoms with Crippen molar-refractivity contribution < 1.29 is 0 Å². The number of hydrazine groups is 1. The van der Waals surface area contributed by atoms with Gasteiger partial charge in [-0.25, -0.2) is 5.01 Å². The van der Waals surface area contributed by atoms with E-state index >= 15 is 0 Å². The van der Waals surface area contributed by atoms with E-state index < -0.39 is 0 Å². The van der Waals surface area contributed by atoms with Crippen molar-refractivity contribution in [1.29, 1.82) is 0 Å². The van der Waals surface area contributed by atoms with Crippen molar-refractivity contribution in [3.05, 3.63) is 0 Å². The molecule has 2 heteroatoms. The molecule has 2 nitrogen and oxygen atoms in total. The Hall–Kier alpha value is -0.0800. The van der Waals surface area contributed by atoms with E-state index in [-0.39, 0.29) is 0 Å². The molecule has 0 saturated carbocycles. The van der Waals surface area contributed by atoms with E-state index in [0.717, 1.165) is 13.1 Å². The van der Waals surface area contributed by atoms with Crippen molar-refractivity contribution in [3.63, 3.8) is 0 Å². The third-order valence-corrected chi connectivity index (χ3v) is 1.01. The Morgan fingerprint density at radius 2 is 2.00 bits per heavy atom. The van der Waals surface area contributed by atoms with E-state index in [0.29, 0.717) is 5.92 Å². The smallest absolute Gasteiger partial charge is 0.0151 e. The monoisotopic (exact) mass is 116 g/mol. The molecule has 0 amide bonds. The van der Waals surface area contributed by atoms with Crippen LogP contribution >= 0.6 is 0 Å². The highest BCUT2D eigenvalue weighted by Gasteiger charge is 1.96. The molecule has 0 aromatic heterocycles. The molecule has 0 aliphatic rings. The van der Waals surface area contributed by atoms with Crippen LogP contribution in [-0.2, 0) is 0 Å². The molecule has 0 aromatic carbocycles. The SMILES string of the molecule is CCN(N)CC(C)C. The average molecular weight is 116 g/mol. The summed E-state index contributed by atoms with van der Waals surface area (Å²) in [6.07, 6.45) is 0. The van der Waals surface area contributed by atoms with Gasteiger partial charge in [-0.2, -0.15) is 0 Å². The summed E-state index contributed by atoms with van der Waals surface area (Å²) in [7, 11) is 0. The van der Waals surface area contributed by atoms with Crippen LogP contribution in [0.3, 0.4) is 0 Å². The van der Waals surface area contributed by atoms with Gasteiger partial charge in [0.15, 0.2) is 0 Å². The first kappa shape index (κ1) is 7.92. The lowest BCUT2D eigenvalue weighted by Crippen LogP contribution is -2.33. The van der Waals surface area contributed by atoms with Gasteiger partial charge in [-0.05, 0) is 5.92 Å². The van der Waals surface area contributed by atoms with Crippen LogP contribution in [0, 0.1) is 5.92 Å². The van der Waals surface area contributed by atoms with Crippen molar-refractivity contribution in [1.82, 2.24) is 5.01 Å². The van der Waals surface area contributed by atoms with E-state index in [2.05, 4.69) is 20.8 Å². The van der Waals surface area contributed by atoms with Gasteiger partial charge in [0.25, 0.3) is 0 Å². The fraction of sp³-hybridized carbons (Fsp3) is 1.00. The molecule has 0 spiro atoms. The van der Waals surface area contributed by atoms with Crippen molar-refractivity contribution in [2.45, 2.75) is 20.8 Å². The highest BCUT2D eigenvalue weighted by Crippen LogP contribution is 1.91. The second-order valence-electron chi connectivity index (χ2n) is 2.48. The van der Waals surface area contributed by atoms with Gasteiger partial charge in [0.2, 0.25) is 0 Å². The Bertz CT molecular complexity index is 52.5. The number of nitrogens with zero attached hydrogens (tertiary/aromatic N) is 1. The van der Waals surface area contributed by atoms with Crippen molar-refractivity contribution in [2.75, 3.05) is 13.1 Å². The van der Waals surface area contributed by atoms with Crippen molar-refractivity contribution in [2.24, 2.45) is 11.8 Å². The van der Waals surface area contributed by atoms with Crippen LogP contribution in [-0.4, -0.2) is 18.1 Å². The Labute approximate surface area is 51.6 Å². The van der Waals surface area contributed by atoms with Crippen LogP contribution in [0.4, 0.5) is 0 Å². The molecule has 0 radical (unpaired) electrons. The largest absolute Gasteiger partial charge is 0.269 e. The predicted octanol–water partition coefficient (Wildman–Crippen LogP) is 0.838. The van der Waals surface area contributed by atoms with Gasteiger partial charge >= 0.3 is 0 Å². The van der Waals surface area contributed by atoms with Crippen LogP contribution in [0.1, 0.15) is 20.8 Å². The summed E-state index contributed by atoms with van der Waals surface area (Å²) in [6, 6.07) is 0. The maximum atomic E-state index is 5.51. The topological polar surface area (TPSA) is 29.3 Å². The quantitative estimate of drug-likeness (QED) is 0.437. The summed E-state index contributed by atoms with van der Waals surface area (Å²) in [4.78, 5) is 0. The van der Waals surface area contributed by atoms with E-state index in [1.54, 1.807) is 0 Å². The third kappa shape index (κ3) is 4.09. The Morgan fingerprint density at radius 3 is 2.12 bits per heavy atom. The van der Waals surface area contributed by atoms with E-state index in [1.165, 1.54) is 0 Å². The van der Waals surface area contributed by atoms with Crippen LogP contribution in [0.15, 0.2) is 0 Å². The highest BCUT2D eigenvalue weighted by molar-refractivity contribution is 4.47. The standard InChI is InChI=1S/C6H16N2/c1-4-8(7)5-6(2)3/h6H,4-5,7H2,1-3H3. The fourth-order valence-electron chi connectivity index (χ4n) is 0.598. The molecule has 0 unspecified atom stereocenters. The van der Waals surface area contributed by atoms with E-state index in [4.69, 9.17) is 5.84 Å². The minimum Gasteiger partial charge on any atom is -0.269 e. The van der Waals surface area contributed by atoms with Gasteiger partial charge in [-0.15, -0.1) is 0 Å². The second-order valence-corrected chi connectivity index (χ2v) is 2.48. The molecule has 0 aromatic rings. The maximum absolute atomic E-state index is 5.51. The third-order valence-electron chi connectivity index (χ3n) is 1.01. The normalized spacial score (nSPS) is 11.2. The Balaban J connectivity index is 3.10. The lowest BCUT2D eigenvalue weighted by atomic mass is 10.2. The first-order chi connectivity index (χ1) is 3.66. The van der Waals surface area contributed by atoms with Crippen LogP contribution in [0.2, 0.25) is 0 Å². The summed E-state index contributed by atoms with van der Waals surface area (Å²) in [5, 5.41) is 1.82. The molecule has 50 valence electrons. The lowest BCUT2D eigenvalue weighted by molar-refractivity contribution is 0.264. The number of hydrogen-bond acceptors (Lipinski definition) is 2. The summed E-state index contributed by atoms with van der Waals surface area (Å²) >= 11 is 0. The zero-order chi connectivity index (χ0) is 6.57. The van der Waals surface area contributed by atoms with Gasteiger partial charge < -0.3 is 0 Å². The summed E-state index contributed by atoms with van der Waals surface area (Å²) in [5.41, 5.74) is 0. The van der Waals surface area contributed by atoms with Crippen molar-refractivity contribution in [3.8, 4) is 0 Å². The molecule has 0 fully saturated rings. The predicted molar refractivity (Wildman–Crippen MR) is 36.3 cm³/mol. The zero-order valence-corrected chi connectivity index (χ0v) is 6.02. The number of rotatable bonds is 3. The lowest BCUT2D eigenvalue weighted by Gasteiger charge is -2.15. The molecule has 0 atom stereocenters. The first-order valence-electron chi connectivity index (χ1n) is 3.16. The van der Waals surface area contributed by atoms with Crippen LogP contribution < -0.4 is 5.84 Å². The number of hydrogen-bond donors (Lipinski definition) is 1. The van der Waals surface area contributed by atoms with Gasteiger partial charge in [0.05, 0.1) is 0 Å². The molecule has 2 N–H and O–H groups in total. The highest BCUT2D eigenvalue weighted by atomic mass is 15.4. The zero-order valence-electron chi connectivity index (χ0n) is 6.02. The van der Waals surface area contributed by atoms with Gasteiger partial charge in [0.1, 0.15) is 0 Å². The molecule has 0 saturated heterocycles. The molecule has 0 heterocycles. The average Bonchev–Trinajstić information content (AvgIpc) is 1.65. The number of nitrogens with two attached hydrogens (primary N) is 1. The van der Waals surface area contributed by atoms with Crippen LogP contribution in [0.5, 0.6) is 0 Å². The summed E-state index contributed by atoms with van der Waals surface area (Å²) in [5.74, 6) is 6.19. The van der Waals surface area contributed by atoms with Gasteiger partial charge in [-0.3, -0.25) is 5.84 Å². The van der Waals surface area contributed by atoms with E-state index in [9.17, 15) is 0 Å². The minimum atomic E-state index is 0.681. The van der Waals surface area contributed by atoms with Gasteiger partial charge in [0, 0.05) is 13.1 Å². The van der Waals surface area contributed by atoms with E-state index in [1.807, 2.05) is 5.01 Å². The minimum absolute atomic E-state index is 0.681. The molecule has 8 heavy (non-hydrogen) atoms. The molecule has 0 rings (SSSR count). The maximum Gasteiger partial charge on any atom is 0.0151 e. The molecule has 0 aliphatic heterocycles. The second kappa shape index (κ2) is 3.87. The molecular weight excluding hydrogens is 100 g/mol. The Kier molecular flexibility index (Phi) is 3.83. The molecule has 0 bridgehead atoms. The summed E-state index contributed by atoms with van der Waals surface area (Å²) in [6.45, 7) is 8.32. The van der Waals surface area contributed by atoms with Gasteiger partial charge in [-0.1, -0.05) is 20.8 Å².